The average molecular weight is 1050 g/mol. The Labute approximate surface area is 456 Å². The number of ether oxygens (including phenoxy) is 6. The molecule has 0 aliphatic rings. The molecular formula is C63H66N6O9. The van der Waals surface area contributed by atoms with Crippen LogP contribution in [0.25, 0.3) is 0 Å². The van der Waals surface area contributed by atoms with Gasteiger partial charge in [-0.05, 0) is 165 Å². The van der Waals surface area contributed by atoms with E-state index < -0.39 is 17.9 Å². The van der Waals surface area contributed by atoms with Crippen LogP contribution in [0.5, 0.6) is 34.5 Å². The molecule has 0 saturated heterocycles. The minimum Gasteiger partial charge on any atom is -0.494 e. The molecule has 402 valence electrons. The monoisotopic (exact) mass is 1050 g/mol. The Kier molecular flexibility index (Phi) is 22.8. The fourth-order valence-electron chi connectivity index (χ4n) is 7.54. The summed E-state index contributed by atoms with van der Waals surface area (Å²) < 4.78 is 34.8. The van der Waals surface area contributed by atoms with E-state index in [-0.39, 0.29) is 33.9 Å². The molecule has 7 aromatic rings. The highest BCUT2D eigenvalue weighted by atomic mass is 16.6. The van der Waals surface area contributed by atoms with E-state index in [4.69, 9.17) is 28.4 Å². The summed E-state index contributed by atoms with van der Waals surface area (Å²) in [5.74, 6) is -0.0700. The van der Waals surface area contributed by atoms with Crippen LogP contribution < -0.4 is 28.4 Å². The maximum absolute atomic E-state index is 13.5. The summed E-state index contributed by atoms with van der Waals surface area (Å²) in [6.07, 6.45) is 13.6. The summed E-state index contributed by atoms with van der Waals surface area (Å²) in [7, 11) is 0. The molecule has 15 nitrogen and oxygen atoms in total. The van der Waals surface area contributed by atoms with E-state index in [1.54, 1.807) is 72.8 Å². The number of nitrogens with zero attached hydrogens (tertiary/aromatic N) is 6. The standard InChI is InChI=1S/C63H66N6O9/c1-4-7-10-13-40-73-55-34-28-52(29-35-55)67-64-49-22-16-46(17-23-49)61(70)76-58-43-59(77-62(71)47-18-24-50(25-19-47)65-68-53-30-36-56(37-31-53)74-41-14-11-8-5-2)45-60(44-58)78-63(72)48-20-26-51(27-21-48)66-69-54-32-38-57(39-33-54)75-42-15-12-9-6-3/h16-39,43-45H,4-15,40-42H2,1-3H3. The Morgan fingerprint density at radius 2 is 0.500 bits per heavy atom. The number of unbranched alkanes of at least 4 members (excludes halogenated alkanes) is 9. The van der Waals surface area contributed by atoms with Gasteiger partial charge in [0.2, 0.25) is 0 Å². The van der Waals surface area contributed by atoms with Crippen molar-refractivity contribution in [2.24, 2.45) is 30.7 Å². The molecule has 7 rings (SSSR count). The fraction of sp³-hybridized carbons (Fsp3) is 0.286. The van der Waals surface area contributed by atoms with Crippen LogP contribution in [0.2, 0.25) is 0 Å². The Morgan fingerprint density at radius 1 is 0.282 bits per heavy atom. The van der Waals surface area contributed by atoms with Gasteiger partial charge in [-0.15, -0.1) is 0 Å². The van der Waals surface area contributed by atoms with Crippen LogP contribution in [0, 0.1) is 0 Å². The average Bonchev–Trinajstić information content (AvgIpc) is 3.48. The zero-order valence-electron chi connectivity index (χ0n) is 44.6. The topological polar surface area (TPSA) is 181 Å². The molecule has 7 aromatic carbocycles. The van der Waals surface area contributed by atoms with Crippen molar-refractivity contribution < 1.29 is 42.8 Å². The number of carbonyl (C=O) groups excluding carboxylic acids is 3. The molecule has 0 fully saturated rings. The van der Waals surface area contributed by atoms with E-state index in [2.05, 4.69) is 51.5 Å². The lowest BCUT2D eigenvalue weighted by Crippen LogP contribution is -2.12. The van der Waals surface area contributed by atoms with Crippen molar-refractivity contribution in [2.45, 2.75) is 97.8 Å². The van der Waals surface area contributed by atoms with Gasteiger partial charge in [-0.1, -0.05) is 78.6 Å². The van der Waals surface area contributed by atoms with Crippen molar-refractivity contribution in [1.82, 2.24) is 0 Å². The highest BCUT2D eigenvalue weighted by Gasteiger charge is 2.17. The Morgan fingerprint density at radius 3 is 0.718 bits per heavy atom. The minimum atomic E-state index is -0.733. The van der Waals surface area contributed by atoms with Crippen LogP contribution in [0.3, 0.4) is 0 Å². The van der Waals surface area contributed by atoms with Crippen LogP contribution in [0.1, 0.15) is 129 Å². The SMILES string of the molecule is CCCCCCOc1ccc(N=Nc2ccc(C(=O)Oc3cc(OC(=O)c4ccc(N=Nc5ccc(OCCCCCC)cc5)cc4)cc(OC(=O)c4ccc(N=Nc5ccc(OCCCCCC)cc5)cc4)c3)cc2)cc1. The normalized spacial score (nSPS) is 11.3. The van der Waals surface area contributed by atoms with E-state index in [1.807, 2.05) is 72.8 Å². The van der Waals surface area contributed by atoms with Gasteiger partial charge in [0, 0.05) is 18.2 Å². The second-order valence-electron chi connectivity index (χ2n) is 18.3. The van der Waals surface area contributed by atoms with Crippen LogP contribution in [0.15, 0.2) is 194 Å². The summed E-state index contributed by atoms with van der Waals surface area (Å²) in [5.41, 5.74) is 4.03. The lowest BCUT2D eigenvalue weighted by molar-refractivity contribution is 0.0730. The quantitative estimate of drug-likeness (QED) is 0.0183. The first-order valence-electron chi connectivity index (χ1n) is 26.8. The number of azo groups is 3. The predicted molar refractivity (Wildman–Crippen MR) is 301 cm³/mol. The van der Waals surface area contributed by atoms with Gasteiger partial charge in [0.1, 0.15) is 34.5 Å². The molecule has 78 heavy (non-hydrogen) atoms. The van der Waals surface area contributed by atoms with Crippen LogP contribution in [0.4, 0.5) is 34.1 Å². The second kappa shape index (κ2) is 31.3. The van der Waals surface area contributed by atoms with E-state index in [0.717, 1.165) is 55.8 Å². The van der Waals surface area contributed by atoms with Gasteiger partial charge in [-0.3, -0.25) is 0 Å². The summed E-state index contributed by atoms with van der Waals surface area (Å²) in [5, 5.41) is 25.9. The number of esters is 3. The third kappa shape index (κ3) is 19.4. The zero-order chi connectivity index (χ0) is 54.6. The van der Waals surface area contributed by atoms with Crippen LogP contribution in [-0.2, 0) is 0 Å². The van der Waals surface area contributed by atoms with Gasteiger partial charge in [-0.25, -0.2) is 14.4 Å². The molecule has 15 heteroatoms. The molecule has 0 spiro atoms. The lowest BCUT2D eigenvalue weighted by atomic mass is 10.2. The highest BCUT2D eigenvalue weighted by molar-refractivity contribution is 5.93. The highest BCUT2D eigenvalue weighted by Crippen LogP contribution is 2.32. The number of carbonyl (C=O) groups is 3. The van der Waals surface area contributed by atoms with Gasteiger partial charge >= 0.3 is 17.9 Å². The van der Waals surface area contributed by atoms with E-state index in [1.165, 1.54) is 56.7 Å². The van der Waals surface area contributed by atoms with Crippen LogP contribution >= 0.6 is 0 Å². The van der Waals surface area contributed by atoms with Crippen molar-refractivity contribution >= 4 is 52.0 Å². The maximum atomic E-state index is 13.5. The molecule has 0 aromatic heterocycles. The van der Waals surface area contributed by atoms with Gasteiger partial charge < -0.3 is 28.4 Å². The summed E-state index contributed by atoms with van der Waals surface area (Å²) in [6, 6.07) is 45.2. The molecular weight excluding hydrogens is 985 g/mol. The number of rotatable bonds is 30. The van der Waals surface area contributed by atoms with E-state index in [9.17, 15) is 14.4 Å². The van der Waals surface area contributed by atoms with Crippen molar-refractivity contribution in [2.75, 3.05) is 19.8 Å². The van der Waals surface area contributed by atoms with E-state index >= 15 is 0 Å². The third-order valence-corrected chi connectivity index (χ3v) is 11.9. The van der Waals surface area contributed by atoms with Crippen molar-refractivity contribution in [1.29, 1.82) is 0 Å². The van der Waals surface area contributed by atoms with Crippen molar-refractivity contribution in [3.05, 3.63) is 180 Å². The van der Waals surface area contributed by atoms with Crippen molar-refractivity contribution in [3.8, 4) is 34.5 Å². The molecule has 0 bridgehead atoms. The van der Waals surface area contributed by atoms with E-state index in [0.29, 0.717) is 53.9 Å². The molecule has 0 heterocycles. The lowest BCUT2D eigenvalue weighted by Gasteiger charge is -2.11. The Hall–Kier alpha value is -8.85. The number of hydrogen-bond acceptors (Lipinski definition) is 15. The van der Waals surface area contributed by atoms with Crippen LogP contribution in [-0.4, -0.2) is 37.7 Å². The maximum Gasteiger partial charge on any atom is 0.343 e. The summed E-state index contributed by atoms with van der Waals surface area (Å²) in [6.45, 7) is 8.53. The minimum absolute atomic E-state index is 0.0603. The van der Waals surface area contributed by atoms with Gasteiger partial charge in [0.05, 0.1) is 70.6 Å². The smallest absolute Gasteiger partial charge is 0.343 e. The molecule has 0 amide bonds. The largest absolute Gasteiger partial charge is 0.494 e. The molecule has 0 unspecified atom stereocenters. The van der Waals surface area contributed by atoms with Crippen molar-refractivity contribution in [3.63, 3.8) is 0 Å². The molecule has 0 saturated carbocycles. The Bertz CT molecular complexity index is 2710. The molecule has 0 N–H and O–H groups in total. The fourth-order valence-corrected chi connectivity index (χ4v) is 7.54. The molecule has 0 radical (unpaired) electrons. The first kappa shape index (κ1) is 56.9. The second-order valence-corrected chi connectivity index (χ2v) is 18.3. The first-order valence-corrected chi connectivity index (χ1v) is 26.8. The third-order valence-electron chi connectivity index (χ3n) is 11.9. The summed E-state index contributed by atoms with van der Waals surface area (Å²) in [4.78, 5) is 40.6. The first-order chi connectivity index (χ1) is 38.2. The predicted octanol–water partition coefficient (Wildman–Crippen LogP) is 18.5. The molecule has 0 atom stereocenters. The number of hydrogen-bond donors (Lipinski definition) is 0. The summed E-state index contributed by atoms with van der Waals surface area (Å²) >= 11 is 0. The zero-order valence-corrected chi connectivity index (χ0v) is 44.6. The molecule has 0 aliphatic carbocycles. The number of benzene rings is 7. The van der Waals surface area contributed by atoms with Gasteiger partial charge in [0.25, 0.3) is 0 Å². The molecule has 0 aliphatic heterocycles. The van der Waals surface area contributed by atoms with Gasteiger partial charge in [-0.2, -0.15) is 30.7 Å². The Balaban J connectivity index is 0.997. The van der Waals surface area contributed by atoms with Gasteiger partial charge in [0.15, 0.2) is 0 Å².